The molecule has 5 heteroatoms. The van der Waals surface area contributed by atoms with Crippen LogP contribution in [0.25, 0.3) is 20.8 Å². The Morgan fingerprint density at radius 2 is 1.95 bits per heavy atom. The monoisotopic (exact) mass is 304 g/mol. The average Bonchev–Trinajstić information content (AvgIpc) is 2.88. The molecule has 102 valence electrons. The van der Waals surface area contributed by atoms with Gasteiger partial charge in [0, 0.05) is 22.8 Å². The van der Waals surface area contributed by atoms with Crippen molar-refractivity contribution in [2.75, 3.05) is 18.5 Å². The number of hydrogen-bond donors (Lipinski definition) is 2. The van der Waals surface area contributed by atoms with E-state index in [-0.39, 0.29) is 6.61 Å². The molecule has 1 aromatic heterocycles. The fourth-order valence-corrected chi connectivity index (χ4v) is 3.07. The Hall–Kier alpha value is -1.62. The van der Waals surface area contributed by atoms with E-state index >= 15 is 0 Å². The summed E-state index contributed by atoms with van der Waals surface area (Å²) < 4.78 is 1.13. The lowest BCUT2D eigenvalue weighted by molar-refractivity contribution is 0.311. The Morgan fingerprint density at radius 1 is 1.15 bits per heavy atom. The molecule has 1 heterocycles. The second-order valence-corrected chi connectivity index (χ2v) is 5.83. The van der Waals surface area contributed by atoms with Crippen LogP contribution in [0.5, 0.6) is 0 Å². The van der Waals surface area contributed by atoms with E-state index in [1.54, 1.807) is 11.3 Å². The van der Waals surface area contributed by atoms with Gasteiger partial charge < -0.3 is 10.4 Å². The van der Waals surface area contributed by atoms with Gasteiger partial charge in [0.1, 0.15) is 5.01 Å². The third-order valence-electron chi connectivity index (χ3n) is 2.92. The Morgan fingerprint density at radius 3 is 2.70 bits per heavy atom. The van der Waals surface area contributed by atoms with Gasteiger partial charge in [0.15, 0.2) is 0 Å². The van der Waals surface area contributed by atoms with Gasteiger partial charge in [-0.15, -0.1) is 11.3 Å². The molecule has 0 aliphatic heterocycles. The van der Waals surface area contributed by atoms with Crippen LogP contribution in [0.1, 0.15) is 0 Å². The molecule has 3 nitrogen and oxygen atoms in total. The third-order valence-corrected chi connectivity index (χ3v) is 4.24. The second-order valence-electron chi connectivity index (χ2n) is 4.36. The number of aliphatic hydroxyl groups is 1. The predicted octanol–water partition coefficient (Wildman–Crippen LogP) is 4.02. The summed E-state index contributed by atoms with van der Waals surface area (Å²) in [5.74, 6) is 0. The van der Waals surface area contributed by atoms with Crippen LogP contribution in [0.15, 0.2) is 42.5 Å². The lowest BCUT2D eigenvalue weighted by atomic mass is 10.2. The van der Waals surface area contributed by atoms with Crippen molar-refractivity contribution in [3.8, 4) is 10.6 Å². The number of fused-ring (bicyclic) bond motifs is 1. The molecule has 3 rings (SSSR count). The summed E-state index contributed by atoms with van der Waals surface area (Å²) in [7, 11) is 0. The first-order valence-electron chi connectivity index (χ1n) is 6.27. The molecule has 0 aliphatic carbocycles. The standard InChI is InChI=1S/C15H13ClN2OS/c16-11-3-6-14-13(9-11)18-15(20-14)10-1-4-12(5-2-10)17-7-8-19/h1-6,9,17,19H,7-8H2. The number of halogens is 1. The van der Waals surface area contributed by atoms with Crippen LogP contribution in [0, 0.1) is 0 Å². The molecule has 0 aliphatic rings. The summed E-state index contributed by atoms with van der Waals surface area (Å²) in [4.78, 5) is 4.61. The van der Waals surface area contributed by atoms with E-state index < -0.39 is 0 Å². The van der Waals surface area contributed by atoms with E-state index in [4.69, 9.17) is 16.7 Å². The molecule has 0 radical (unpaired) electrons. The molecule has 2 N–H and O–H groups in total. The molecule has 20 heavy (non-hydrogen) atoms. The normalized spacial score (nSPS) is 10.9. The zero-order valence-electron chi connectivity index (χ0n) is 10.6. The molecule has 0 spiro atoms. The fraction of sp³-hybridized carbons (Fsp3) is 0.133. The highest BCUT2D eigenvalue weighted by atomic mass is 35.5. The summed E-state index contributed by atoms with van der Waals surface area (Å²) in [6, 6.07) is 13.8. The number of benzene rings is 2. The van der Waals surface area contributed by atoms with Crippen molar-refractivity contribution < 1.29 is 5.11 Å². The van der Waals surface area contributed by atoms with Crippen LogP contribution in [0.2, 0.25) is 5.02 Å². The molecule has 0 bridgehead atoms. The maximum absolute atomic E-state index is 8.78. The van der Waals surface area contributed by atoms with E-state index in [2.05, 4.69) is 10.3 Å². The Labute approximate surface area is 125 Å². The maximum atomic E-state index is 8.78. The topological polar surface area (TPSA) is 45.1 Å². The number of thiazole rings is 1. The van der Waals surface area contributed by atoms with Gasteiger partial charge in [-0.25, -0.2) is 4.98 Å². The van der Waals surface area contributed by atoms with Gasteiger partial charge in [0.05, 0.1) is 16.8 Å². The van der Waals surface area contributed by atoms with Crippen molar-refractivity contribution >= 4 is 38.8 Å². The summed E-state index contributed by atoms with van der Waals surface area (Å²) in [6.07, 6.45) is 0. The quantitative estimate of drug-likeness (QED) is 0.765. The molecule has 0 saturated carbocycles. The molecule has 0 amide bonds. The number of nitrogens with zero attached hydrogens (tertiary/aromatic N) is 1. The van der Waals surface area contributed by atoms with Gasteiger partial charge in [-0.3, -0.25) is 0 Å². The van der Waals surface area contributed by atoms with Crippen LogP contribution in [-0.2, 0) is 0 Å². The molecular weight excluding hydrogens is 292 g/mol. The van der Waals surface area contributed by atoms with Crippen molar-refractivity contribution in [2.24, 2.45) is 0 Å². The highest BCUT2D eigenvalue weighted by Gasteiger charge is 2.06. The molecule has 0 fully saturated rings. The SMILES string of the molecule is OCCNc1ccc(-c2nc3cc(Cl)ccc3s2)cc1. The minimum Gasteiger partial charge on any atom is -0.395 e. The van der Waals surface area contributed by atoms with Crippen LogP contribution in [0.3, 0.4) is 0 Å². The lowest BCUT2D eigenvalue weighted by Crippen LogP contribution is -2.04. The van der Waals surface area contributed by atoms with Crippen LogP contribution in [0.4, 0.5) is 5.69 Å². The van der Waals surface area contributed by atoms with Crippen LogP contribution < -0.4 is 5.32 Å². The summed E-state index contributed by atoms with van der Waals surface area (Å²) in [6.45, 7) is 0.680. The van der Waals surface area contributed by atoms with Crippen molar-refractivity contribution in [3.63, 3.8) is 0 Å². The van der Waals surface area contributed by atoms with E-state index in [1.807, 2.05) is 42.5 Å². The number of nitrogens with one attached hydrogen (secondary N) is 1. The minimum absolute atomic E-state index is 0.125. The fourth-order valence-electron chi connectivity index (χ4n) is 1.95. The van der Waals surface area contributed by atoms with Crippen LogP contribution >= 0.6 is 22.9 Å². The minimum atomic E-state index is 0.125. The Balaban J connectivity index is 1.90. The number of anilines is 1. The van der Waals surface area contributed by atoms with Gasteiger partial charge in [0.2, 0.25) is 0 Å². The third kappa shape index (κ3) is 2.77. The van der Waals surface area contributed by atoms with Gasteiger partial charge in [0.25, 0.3) is 0 Å². The van der Waals surface area contributed by atoms with Crippen molar-refractivity contribution in [1.82, 2.24) is 4.98 Å². The van der Waals surface area contributed by atoms with Crippen molar-refractivity contribution in [2.45, 2.75) is 0 Å². The van der Waals surface area contributed by atoms with Crippen molar-refractivity contribution in [1.29, 1.82) is 0 Å². The van der Waals surface area contributed by atoms with Gasteiger partial charge in [-0.05, 0) is 42.5 Å². The lowest BCUT2D eigenvalue weighted by Gasteiger charge is -2.04. The average molecular weight is 305 g/mol. The first-order valence-corrected chi connectivity index (χ1v) is 7.47. The molecule has 0 unspecified atom stereocenters. The van der Waals surface area contributed by atoms with Gasteiger partial charge >= 0.3 is 0 Å². The van der Waals surface area contributed by atoms with Gasteiger partial charge in [-0.2, -0.15) is 0 Å². The second kappa shape index (κ2) is 5.79. The summed E-state index contributed by atoms with van der Waals surface area (Å²) in [5, 5.41) is 13.6. The summed E-state index contributed by atoms with van der Waals surface area (Å²) >= 11 is 7.63. The van der Waals surface area contributed by atoms with E-state index in [9.17, 15) is 0 Å². The molecular formula is C15H13ClN2OS. The molecule has 2 aromatic carbocycles. The number of hydrogen-bond acceptors (Lipinski definition) is 4. The van der Waals surface area contributed by atoms with E-state index in [0.29, 0.717) is 11.6 Å². The Bertz CT molecular complexity index is 724. The van der Waals surface area contributed by atoms with Gasteiger partial charge in [-0.1, -0.05) is 11.6 Å². The predicted molar refractivity (Wildman–Crippen MR) is 85.6 cm³/mol. The zero-order valence-corrected chi connectivity index (χ0v) is 12.2. The van der Waals surface area contributed by atoms with Crippen molar-refractivity contribution in [3.05, 3.63) is 47.5 Å². The largest absolute Gasteiger partial charge is 0.395 e. The number of rotatable bonds is 4. The number of aliphatic hydroxyl groups excluding tert-OH is 1. The molecule has 3 aromatic rings. The highest BCUT2D eigenvalue weighted by Crippen LogP contribution is 2.31. The first kappa shape index (κ1) is 13.4. The highest BCUT2D eigenvalue weighted by molar-refractivity contribution is 7.21. The molecule has 0 saturated heterocycles. The molecule has 0 atom stereocenters. The smallest absolute Gasteiger partial charge is 0.124 e. The Kier molecular flexibility index (Phi) is 3.87. The zero-order chi connectivity index (χ0) is 13.9. The summed E-state index contributed by atoms with van der Waals surface area (Å²) in [5.41, 5.74) is 3.00. The maximum Gasteiger partial charge on any atom is 0.124 e. The van der Waals surface area contributed by atoms with Crippen LogP contribution in [-0.4, -0.2) is 23.2 Å². The van der Waals surface area contributed by atoms with E-state index in [0.717, 1.165) is 26.5 Å². The number of aromatic nitrogens is 1. The van der Waals surface area contributed by atoms with E-state index in [1.165, 1.54) is 0 Å². The first-order chi connectivity index (χ1) is 9.76.